The lowest BCUT2D eigenvalue weighted by Gasteiger charge is -2.12. The van der Waals surface area contributed by atoms with Crippen LogP contribution in [-0.2, 0) is 11.2 Å². The van der Waals surface area contributed by atoms with Crippen molar-refractivity contribution in [1.82, 2.24) is 9.69 Å². The molecule has 120 valence electrons. The Morgan fingerprint density at radius 2 is 1.83 bits per heavy atom. The van der Waals surface area contributed by atoms with E-state index in [0.717, 1.165) is 21.3 Å². The fourth-order valence-corrected chi connectivity index (χ4v) is 3.12. The van der Waals surface area contributed by atoms with Crippen molar-refractivity contribution in [2.45, 2.75) is 12.5 Å². The van der Waals surface area contributed by atoms with Gasteiger partial charge in [-0.15, -0.1) is 12.4 Å². The molecule has 3 rings (SSSR count). The van der Waals surface area contributed by atoms with Crippen LogP contribution in [0.5, 0.6) is 0 Å². The summed E-state index contributed by atoms with van der Waals surface area (Å²) in [6, 6.07) is 17.5. The van der Waals surface area contributed by atoms with E-state index in [4.69, 9.17) is 5.73 Å². The van der Waals surface area contributed by atoms with Gasteiger partial charge in [-0.1, -0.05) is 48.5 Å². The van der Waals surface area contributed by atoms with E-state index in [9.17, 15) is 4.79 Å². The minimum absolute atomic E-state index is 0. The summed E-state index contributed by atoms with van der Waals surface area (Å²) < 4.78 is 5.47. The van der Waals surface area contributed by atoms with Crippen LogP contribution >= 0.6 is 23.9 Å². The number of nitrogens with one attached hydrogen (secondary N) is 1. The van der Waals surface area contributed by atoms with Crippen molar-refractivity contribution < 1.29 is 4.79 Å². The van der Waals surface area contributed by atoms with Crippen LogP contribution in [0.25, 0.3) is 10.1 Å². The number of fused-ring (bicyclic) bond motifs is 1. The molecule has 0 aliphatic carbocycles. The molecule has 0 spiro atoms. The summed E-state index contributed by atoms with van der Waals surface area (Å²) in [5.41, 5.74) is 7.92. The number of rotatable bonds is 5. The van der Waals surface area contributed by atoms with Crippen LogP contribution in [0, 0.1) is 0 Å². The van der Waals surface area contributed by atoms with Crippen molar-refractivity contribution in [2.24, 2.45) is 5.73 Å². The molecule has 1 atom stereocenters. The standard InChI is InChI=1S/C17H17N3OS.ClH/c18-14(12-6-2-1-3-7-12)11-19-17(21)10-15-13-8-4-5-9-16(13)22-20-15;/h1-9,14H,10-11,18H2,(H,19,21);1H. The van der Waals surface area contributed by atoms with Gasteiger partial charge in [-0.25, -0.2) is 0 Å². The third-order valence-corrected chi connectivity index (χ3v) is 4.39. The molecular formula is C17H18ClN3OS. The van der Waals surface area contributed by atoms with E-state index in [-0.39, 0.29) is 30.8 Å². The van der Waals surface area contributed by atoms with Crippen LogP contribution in [-0.4, -0.2) is 16.8 Å². The van der Waals surface area contributed by atoms with Crippen molar-refractivity contribution >= 4 is 39.9 Å². The molecular weight excluding hydrogens is 330 g/mol. The van der Waals surface area contributed by atoms with Crippen molar-refractivity contribution in [1.29, 1.82) is 0 Å². The molecule has 1 heterocycles. The Bertz CT molecular complexity index is 776. The van der Waals surface area contributed by atoms with Gasteiger partial charge < -0.3 is 11.1 Å². The zero-order valence-electron chi connectivity index (χ0n) is 12.4. The summed E-state index contributed by atoms with van der Waals surface area (Å²) in [7, 11) is 0. The molecule has 23 heavy (non-hydrogen) atoms. The number of benzene rings is 2. The highest BCUT2D eigenvalue weighted by Gasteiger charge is 2.12. The molecule has 0 fully saturated rings. The van der Waals surface area contributed by atoms with Gasteiger partial charge in [-0.05, 0) is 23.2 Å². The number of hydrogen-bond donors (Lipinski definition) is 2. The number of hydrogen-bond acceptors (Lipinski definition) is 4. The van der Waals surface area contributed by atoms with Gasteiger partial charge in [-0.3, -0.25) is 4.79 Å². The van der Waals surface area contributed by atoms with Gasteiger partial charge in [0.25, 0.3) is 0 Å². The van der Waals surface area contributed by atoms with E-state index >= 15 is 0 Å². The number of nitrogens with zero attached hydrogens (tertiary/aromatic N) is 1. The number of carbonyl (C=O) groups excluding carboxylic acids is 1. The predicted molar refractivity (Wildman–Crippen MR) is 97.0 cm³/mol. The first-order chi connectivity index (χ1) is 10.7. The fraction of sp³-hybridized carbons (Fsp3) is 0.176. The van der Waals surface area contributed by atoms with Crippen LogP contribution in [0.2, 0.25) is 0 Å². The summed E-state index contributed by atoms with van der Waals surface area (Å²) in [6.07, 6.45) is 0.283. The average molecular weight is 348 g/mol. The Hall–Kier alpha value is -1.95. The topological polar surface area (TPSA) is 68.0 Å². The lowest BCUT2D eigenvalue weighted by atomic mass is 10.1. The number of halogens is 1. The highest BCUT2D eigenvalue weighted by molar-refractivity contribution is 7.13. The van der Waals surface area contributed by atoms with Crippen molar-refractivity contribution in [3.63, 3.8) is 0 Å². The predicted octanol–water partition coefficient (Wildman–Crippen LogP) is 3.08. The molecule has 1 unspecified atom stereocenters. The number of carbonyl (C=O) groups is 1. The molecule has 2 aromatic carbocycles. The van der Waals surface area contributed by atoms with Gasteiger partial charge in [0.2, 0.25) is 5.91 Å². The normalized spacial score (nSPS) is 11.7. The quantitative estimate of drug-likeness (QED) is 0.745. The smallest absolute Gasteiger partial charge is 0.226 e. The van der Waals surface area contributed by atoms with Crippen LogP contribution < -0.4 is 11.1 Å². The first kappa shape index (κ1) is 17.4. The zero-order valence-corrected chi connectivity index (χ0v) is 14.1. The third kappa shape index (κ3) is 4.28. The molecule has 6 heteroatoms. The third-order valence-electron chi connectivity index (χ3n) is 3.53. The molecule has 1 amide bonds. The maximum atomic E-state index is 12.1. The number of aromatic nitrogens is 1. The van der Waals surface area contributed by atoms with Crippen molar-refractivity contribution in [2.75, 3.05) is 6.54 Å². The molecule has 1 aromatic heterocycles. The molecule has 0 saturated carbocycles. The summed E-state index contributed by atoms with van der Waals surface area (Å²) in [6.45, 7) is 0.422. The van der Waals surface area contributed by atoms with Crippen molar-refractivity contribution in [3.05, 3.63) is 65.9 Å². The van der Waals surface area contributed by atoms with Gasteiger partial charge in [0.05, 0.1) is 16.8 Å². The molecule has 4 nitrogen and oxygen atoms in total. The molecule has 3 aromatic rings. The molecule has 0 saturated heterocycles. The van der Waals surface area contributed by atoms with Gasteiger partial charge in [0, 0.05) is 18.0 Å². The summed E-state index contributed by atoms with van der Waals surface area (Å²) >= 11 is 1.42. The van der Waals surface area contributed by atoms with E-state index in [1.807, 2.05) is 54.6 Å². The average Bonchev–Trinajstić information content (AvgIpc) is 2.97. The Kier molecular flexibility index (Phi) is 6.10. The second-order valence-corrected chi connectivity index (χ2v) is 5.93. The van der Waals surface area contributed by atoms with E-state index in [1.165, 1.54) is 11.5 Å². The van der Waals surface area contributed by atoms with E-state index in [0.29, 0.717) is 6.54 Å². The molecule has 0 aliphatic heterocycles. The first-order valence-corrected chi connectivity index (χ1v) is 7.92. The second kappa shape index (κ2) is 8.06. The lowest BCUT2D eigenvalue weighted by Crippen LogP contribution is -2.32. The van der Waals surface area contributed by atoms with Crippen LogP contribution in [0.3, 0.4) is 0 Å². The van der Waals surface area contributed by atoms with E-state index < -0.39 is 0 Å². The highest BCUT2D eigenvalue weighted by atomic mass is 35.5. The number of nitrogens with two attached hydrogens (primary N) is 1. The zero-order chi connectivity index (χ0) is 15.4. The van der Waals surface area contributed by atoms with Gasteiger partial charge in [0.15, 0.2) is 0 Å². The molecule has 0 aliphatic rings. The Morgan fingerprint density at radius 1 is 1.13 bits per heavy atom. The van der Waals surface area contributed by atoms with Gasteiger partial charge in [0.1, 0.15) is 0 Å². The molecule has 0 radical (unpaired) electrons. The number of amides is 1. The van der Waals surface area contributed by atoms with E-state index in [1.54, 1.807) is 0 Å². The molecule has 3 N–H and O–H groups in total. The lowest BCUT2D eigenvalue weighted by molar-refractivity contribution is -0.120. The van der Waals surface area contributed by atoms with Crippen LogP contribution in [0.15, 0.2) is 54.6 Å². The Balaban J connectivity index is 0.00000192. The van der Waals surface area contributed by atoms with E-state index in [2.05, 4.69) is 9.69 Å². The van der Waals surface area contributed by atoms with Crippen LogP contribution in [0.1, 0.15) is 17.3 Å². The minimum atomic E-state index is -0.197. The Morgan fingerprint density at radius 3 is 2.61 bits per heavy atom. The van der Waals surface area contributed by atoms with Gasteiger partial charge in [-0.2, -0.15) is 4.37 Å². The van der Waals surface area contributed by atoms with Crippen LogP contribution in [0.4, 0.5) is 0 Å². The summed E-state index contributed by atoms with van der Waals surface area (Å²) in [5, 5.41) is 3.94. The van der Waals surface area contributed by atoms with Crippen molar-refractivity contribution in [3.8, 4) is 0 Å². The maximum absolute atomic E-state index is 12.1. The highest BCUT2D eigenvalue weighted by Crippen LogP contribution is 2.22. The largest absolute Gasteiger partial charge is 0.354 e. The summed E-state index contributed by atoms with van der Waals surface area (Å²) in [4.78, 5) is 12.1. The Labute approximate surface area is 145 Å². The SMILES string of the molecule is Cl.NC(CNC(=O)Cc1nsc2ccccc12)c1ccccc1. The monoisotopic (exact) mass is 347 g/mol. The maximum Gasteiger partial charge on any atom is 0.226 e. The summed E-state index contributed by atoms with van der Waals surface area (Å²) in [5.74, 6) is -0.0533. The minimum Gasteiger partial charge on any atom is -0.354 e. The molecule has 0 bridgehead atoms. The first-order valence-electron chi connectivity index (χ1n) is 7.14. The van der Waals surface area contributed by atoms with Gasteiger partial charge >= 0.3 is 0 Å². The fourth-order valence-electron chi connectivity index (χ4n) is 2.32. The second-order valence-electron chi connectivity index (χ2n) is 5.12.